The first-order valence-electron chi connectivity index (χ1n) is 5.89. The van der Waals surface area contributed by atoms with Crippen LogP contribution in [-0.2, 0) is 6.54 Å². The van der Waals surface area contributed by atoms with Crippen molar-refractivity contribution in [2.75, 3.05) is 11.9 Å². The Bertz CT molecular complexity index is 568. The summed E-state index contributed by atoms with van der Waals surface area (Å²) < 4.78 is 2.07. The number of rotatable bonds is 4. The fourth-order valence-electron chi connectivity index (χ4n) is 1.85. The second kappa shape index (κ2) is 6.39. The molecule has 0 amide bonds. The van der Waals surface area contributed by atoms with Gasteiger partial charge in [0, 0.05) is 31.9 Å². The van der Waals surface area contributed by atoms with Crippen LogP contribution in [-0.4, -0.2) is 12.2 Å². The molecule has 0 aliphatic heterocycles. The summed E-state index contributed by atoms with van der Waals surface area (Å²) in [7, 11) is 2.07. The number of halogens is 2. The van der Waals surface area contributed by atoms with Crippen LogP contribution < -0.4 is 4.90 Å². The molecule has 2 rings (SSSR count). The number of aliphatic hydroxyl groups excluding tert-OH is 1. The maximum absolute atomic E-state index is 9.62. The Morgan fingerprint density at radius 3 is 2.58 bits per heavy atom. The largest absolute Gasteiger partial charge is 0.389 e. The van der Waals surface area contributed by atoms with Gasteiger partial charge in [0.2, 0.25) is 0 Å². The number of hydrogen-bond acceptors (Lipinski definition) is 3. The van der Waals surface area contributed by atoms with Gasteiger partial charge in [-0.05, 0) is 46.6 Å². The van der Waals surface area contributed by atoms with Gasteiger partial charge in [0.25, 0.3) is 0 Å². The van der Waals surface area contributed by atoms with Gasteiger partial charge in [-0.1, -0.05) is 22.0 Å². The van der Waals surface area contributed by atoms with Crippen LogP contribution in [0.5, 0.6) is 0 Å². The van der Waals surface area contributed by atoms with Crippen molar-refractivity contribution in [1.29, 1.82) is 0 Å². The van der Waals surface area contributed by atoms with E-state index in [2.05, 4.69) is 55.3 Å². The van der Waals surface area contributed by atoms with E-state index in [0.717, 1.165) is 26.7 Å². The molecule has 0 fully saturated rings. The Labute approximate surface area is 134 Å². The summed E-state index contributed by atoms with van der Waals surface area (Å²) >= 11 is 8.73. The molecule has 1 heterocycles. The summed E-state index contributed by atoms with van der Waals surface area (Å²) in [5, 5.41) is 11.7. The number of aliphatic hydroxyl groups is 1. The minimum Gasteiger partial charge on any atom is -0.389 e. The topological polar surface area (TPSA) is 23.5 Å². The normalized spacial score (nSPS) is 12.5. The second-order valence-corrected chi connectivity index (χ2v) is 7.23. The van der Waals surface area contributed by atoms with Crippen molar-refractivity contribution in [1.82, 2.24) is 0 Å². The van der Waals surface area contributed by atoms with Gasteiger partial charge in [-0.25, -0.2) is 0 Å². The molecule has 0 radical (unpaired) electrons. The molecular weight excluding hydrogens is 390 g/mol. The van der Waals surface area contributed by atoms with Crippen molar-refractivity contribution in [3.05, 3.63) is 49.0 Å². The zero-order valence-electron chi connectivity index (χ0n) is 10.7. The third kappa shape index (κ3) is 3.81. The number of hydrogen-bond donors (Lipinski definition) is 1. The van der Waals surface area contributed by atoms with E-state index in [-0.39, 0.29) is 0 Å². The zero-order valence-corrected chi connectivity index (χ0v) is 14.7. The molecule has 5 heteroatoms. The molecule has 102 valence electrons. The van der Waals surface area contributed by atoms with E-state index in [0.29, 0.717) is 0 Å². The monoisotopic (exact) mass is 403 g/mol. The quantitative estimate of drug-likeness (QED) is 0.777. The lowest BCUT2D eigenvalue weighted by Gasteiger charge is -2.20. The average Bonchev–Trinajstić information content (AvgIpc) is 2.74. The van der Waals surface area contributed by atoms with E-state index in [1.54, 1.807) is 18.3 Å². The van der Waals surface area contributed by atoms with Gasteiger partial charge in [-0.3, -0.25) is 0 Å². The van der Waals surface area contributed by atoms with E-state index >= 15 is 0 Å². The third-order valence-corrected chi connectivity index (χ3v) is 5.26. The highest BCUT2D eigenvalue weighted by molar-refractivity contribution is 9.10. The minimum atomic E-state index is -0.456. The summed E-state index contributed by atoms with van der Waals surface area (Å²) in [5.41, 5.74) is 2.04. The highest BCUT2D eigenvalue weighted by Crippen LogP contribution is 2.29. The van der Waals surface area contributed by atoms with Crippen molar-refractivity contribution in [2.45, 2.75) is 19.6 Å². The van der Waals surface area contributed by atoms with Gasteiger partial charge in [-0.2, -0.15) is 0 Å². The highest BCUT2D eigenvalue weighted by atomic mass is 79.9. The molecule has 1 aromatic heterocycles. The number of thiophene rings is 1. The van der Waals surface area contributed by atoms with E-state index in [4.69, 9.17) is 0 Å². The molecule has 19 heavy (non-hydrogen) atoms. The Hall–Kier alpha value is -0.360. The first kappa shape index (κ1) is 15.0. The van der Waals surface area contributed by atoms with Crippen molar-refractivity contribution < 1.29 is 5.11 Å². The van der Waals surface area contributed by atoms with Crippen LogP contribution in [0.1, 0.15) is 23.5 Å². The lowest BCUT2D eigenvalue weighted by Crippen LogP contribution is -2.15. The first-order chi connectivity index (χ1) is 8.97. The summed E-state index contributed by atoms with van der Waals surface area (Å²) in [6, 6.07) is 8.19. The molecule has 1 aromatic carbocycles. The van der Waals surface area contributed by atoms with Crippen LogP contribution in [0.4, 0.5) is 5.69 Å². The van der Waals surface area contributed by atoms with Crippen LogP contribution in [0.25, 0.3) is 0 Å². The fourth-order valence-corrected chi connectivity index (χ4v) is 4.06. The first-order valence-corrected chi connectivity index (χ1v) is 8.35. The van der Waals surface area contributed by atoms with E-state index < -0.39 is 6.10 Å². The van der Waals surface area contributed by atoms with Gasteiger partial charge in [-0.15, -0.1) is 11.3 Å². The third-order valence-electron chi connectivity index (χ3n) is 2.89. The molecular formula is C14H15Br2NOS. The Kier molecular flexibility index (Phi) is 5.06. The Balaban J connectivity index is 2.15. The molecule has 2 nitrogen and oxygen atoms in total. The molecule has 0 aliphatic rings. The summed E-state index contributed by atoms with van der Waals surface area (Å²) in [4.78, 5) is 3.50. The van der Waals surface area contributed by atoms with Crippen LogP contribution in [0.3, 0.4) is 0 Å². The molecule has 0 bridgehead atoms. The summed E-state index contributed by atoms with van der Waals surface area (Å²) in [6.45, 7) is 2.64. The van der Waals surface area contributed by atoms with Gasteiger partial charge >= 0.3 is 0 Å². The lowest BCUT2D eigenvalue weighted by molar-refractivity contribution is 0.198. The van der Waals surface area contributed by atoms with Gasteiger partial charge in [0.05, 0.1) is 12.6 Å². The Morgan fingerprint density at radius 1 is 1.32 bits per heavy atom. The van der Waals surface area contributed by atoms with Crippen LogP contribution in [0.2, 0.25) is 0 Å². The van der Waals surface area contributed by atoms with E-state index in [1.807, 2.05) is 18.2 Å². The molecule has 0 aliphatic carbocycles. The number of anilines is 1. The smallest absolute Gasteiger partial charge is 0.0772 e. The highest BCUT2D eigenvalue weighted by Gasteiger charge is 2.09. The molecule has 1 unspecified atom stereocenters. The predicted molar refractivity (Wildman–Crippen MR) is 88.9 cm³/mol. The standard InChI is InChI=1S/C14H15Br2NOS/c1-9(18)13-4-3-11(6-14(13)16)17(2)7-12-5-10(15)8-19-12/h3-6,8-9,18H,7H2,1-2H3. The average molecular weight is 405 g/mol. The molecule has 2 aromatic rings. The van der Waals surface area contributed by atoms with Gasteiger partial charge in [0.1, 0.15) is 0 Å². The molecule has 0 saturated carbocycles. The maximum Gasteiger partial charge on any atom is 0.0772 e. The van der Waals surface area contributed by atoms with Crippen LogP contribution in [0.15, 0.2) is 38.6 Å². The molecule has 0 spiro atoms. The number of benzene rings is 1. The maximum atomic E-state index is 9.62. The molecule has 1 atom stereocenters. The van der Waals surface area contributed by atoms with Crippen LogP contribution in [0, 0.1) is 0 Å². The van der Waals surface area contributed by atoms with Crippen molar-refractivity contribution >= 4 is 48.9 Å². The predicted octanol–water partition coefficient (Wildman–Crippen LogP) is 4.96. The Morgan fingerprint density at radius 2 is 2.05 bits per heavy atom. The zero-order chi connectivity index (χ0) is 14.0. The minimum absolute atomic E-state index is 0.456. The van der Waals surface area contributed by atoms with Gasteiger partial charge in [0.15, 0.2) is 0 Å². The van der Waals surface area contributed by atoms with Crippen molar-refractivity contribution in [3.8, 4) is 0 Å². The number of nitrogens with zero attached hydrogens (tertiary/aromatic N) is 1. The second-order valence-electron chi connectivity index (χ2n) is 4.47. The summed E-state index contributed by atoms with van der Waals surface area (Å²) in [5.74, 6) is 0. The SMILES string of the molecule is CC(O)c1ccc(N(C)Cc2cc(Br)cs2)cc1Br. The van der Waals surface area contributed by atoms with E-state index in [1.165, 1.54) is 4.88 Å². The van der Waals surface area contributed by atoms with Crippen molar-refractivity contribution in [3.63, 3.8) is 0 Å². The molecule has 1 N–H and O–H groups in total. The summed E-state index contributed by atoms with van der Waals surface area (Å²) in [6.07, 6.45) is -0.456. The fraction of sp³-hybridized carbons (Fsp3) is 0.286. The lowest BCUT2D eigenvalue weighted by atomic mass is 10.1. The van der Waals surface area contributed by atoms with Crippen LogP contribution >= 0.6 is 43.2 Å². The van der Waals surface area contributed by atoms with Gasteiger partial charge < -0.3 is 10.0 Å². The molecule has 0 saturated heterocycles. The van der Waals surface area contributed by atoms with E-state index in [9.17, 15) is 5.11 Å². The van der Waals surface area contributed by atoms with Crippen molar-refractivity contribution in [2.24, 2.45) is 0 Å².